The molecule has 0 aliphatic heterocycles. The quantitative estimate of drug-likeness (QED) is 0.784. The van der Waals surface area contributed by atoms with Crippen molar-refractivity contribution in [3.63, 3.8) is 0 Å². The van der Waals surface area contributed by atoms with E-state index >= 15 is 0 Å². The Labute approximate surface area is 139 Å². The number of carboxylic acid groups (broad SMARTS) is 1. The summed E-state index contributed by atoms with van der Waals surface area (Å²) in [5.74, 6) is -0.302. The molecule has 0 unspecified atom stereocenters. The lowest BCUT2D eigenvalue weighted by Crippen LogP contribution is -2.29. The van der Waals surface area contributed by atoms with Crippen molar-refractivity contribution in [2.45, 2.75) is 37.5 Å². The van der Waals surface area contributed by atoms with E-state index in [2.05, 4.69) is 12.2 Å². The standard InChI is InChI=1S/C16H20ClNO3S/c1-2-22-14-8-7-12(17)9-13(14)18-15(19)10-3-5-11(6-4-10)16(20)21/h7-11H,2-6H2,1H3,(H,18,19)(H,20,21). The number of carboxylic acids is 1. The van der Waals surface area contributed by atoms with E-state index in [1.165, 1.54) is 0 Å². The zero-order valence-corrected chi connectivity index (χ0v) is 14.0. The number of carbonyl (C=O) groups is 2. The Hall–Kier alpha value is -1.20. The fraction of sp³-hybridized carbons (Fsp3) is 0.500. The molecule has 0 atom stereocenters. The topological polar surface area (TPSA) is 66.4 Å². The highest BCUT2D eigenvalue weighted by Crippen LogP contribution is 2.33. The van der Waals surface area contributed by atoms with Crippen LogP contribution in [0.1, 0.15) is 32.6 Å². The lowest BCUT2D eigenvalue weighted by molar-refractivity contribution is -0.143. The molecule has 4 nitrogen and oxygen atoms in total. The number of rotatable bonds is 5. The summed E-state index contributed by atoms with van der Waals surface area (Å²) in [6.07, 6.45) is 2.39. The molecule has 2 rings (SSSR count). The Morgan fingerprint density at radius 2 is 1.91 bits per heavy atom. The first-order valence-electron chi connectivity index (χ1n) is 7.47. The molecule has 120 valence electrons. The second-order valence-electron chi connectivity index (χ2n) is 5.45. The number of anilines is 1. The summed E-state index contributed by atoms with van der Waals surface area (Å²) >= 11 is 7.67. The summed E-state index contributed by atoms with van der Waals surface area (Å²) in [6.45, 7) is 2.05. The van der Waals surface area contributed by atoms with Gasteiger partial charge in [-0.3, -0.25) is 9.59 Å². The number of hydrogen-bond acceptors (Lipinski definition) is 3. The molecule has 1 fully saturated rings. The van der Waals surface area contributed by atoms with Crippen molar-refractivity contribution in [2.24, 2.45) is 11.8 Å². The monoisotopic (exact) mass is 341 g/mol. The van der Waals surface area contributed by atoms with E-state index in [0.29, 0.717) is 30.7 Å². The molecule has 0 heterocycles. The Balaban J connectivity index is 2.00. The van der Waals surface area contributed by atoms with Crippen molar-refractivity contribution in [3.8, 4) is 0 Å². The van der Waals surface area contributed by atoms with E-state index in [1.807, 2.05) is 12.1 Å². The number of nitrogens with one attached hydrogen (secondary N) is 1. The minimum absolute atomic E-state index is 0.0379. The van der Waals surface area contributed by atoms with Gasteiger partial charge in [0.25, 0.3) is 0 Å². The van der Waals surface area contributed by atoms with Crippen LogP contribution in [0.5, 0.6) is 0 Å². The van der Waals surface area contributed by atoms with E-state index in [-0.39, 0.29) is 17.7 Å². The molecule has 1 aliphatic carbocycles. The first-order chi connectivity index (χ1) is 10.5. The SMILES string of the molecule is CCSc1ccc(Cl)cc1NC(=O)C1CCC(C(=O)O)CC1. The summed E-state index contributed by atoms with van der Waals surface area (Å²) in [4.78, 5) is 24.4. The van der Waals surface area contributed by atoms with Crippen molar-refractivity contribution in [1.82, 2.24) is 0 Å². The van der Waals surface area contributed by atoms with Crippen LogP contribution >= 0.6 is 23.4 Å². The van der Waals surface area contributed by atoms with E-state index in [0.717, 1.165) is 16.3 Å². The van der Waals surface area contributed by atoms with Gasteiger partial charge in [-0.2, -0.15) is 0 Å². The van der Waals surface area contributed by atoms with Crippen molar-refractivity contribution in [2.75, 3.05) is 11.1 Å². The van der Waals surface area contributed by atoms with E-state index in [1.54, 1.807) is 17.8 Å². The van der Waals surface area contributed by atoms with Crippen LogP contribution < -0.4 is 5.32 Å². The molecule has 1 aliphatic rings. The Morgan fingerprint density at radius 3 is 2.50 bits per heavy atom. The number of thioether (sulfide) groups is 1. The van der Waals surface area contributed by atoms with Crippen molar-refractivity contribution in [3.05, 3.63) is 23.2 Å². The molecule has 1 amide bonds. The van der Waals surface area contributed by atoms with Gasteiger partial charge in [0, 0.05) is 15.8 Å². The number of carbonyl (C=O) groups excluding carboxylic acids is 1. The summed E-state index contributed by atoms with van der Waals surface area (Å²) in [7, 11) is 0. The predicted molar refractivity (Wildman–Crippen MR) is 89.6 cm³/mol. The summed E-state index contributed by atoms with van der Waals surface area (Å²) in [6, 6.07) is 5.49. The van der Waals surface area contributed by atoms with Gasteiger partial charge in [-0.1, -0.05) is 18.5 Å². The van der Waals surface area contributed by atoms with Crippen LogP contribution in [0.15, 0.2) is 23.1 Å². The fourth-order valence-electron chi connectivity index (χ4n) is 2.72. The molecule has 0 aromatic heterocycles. The van der Waals surface area contributed by atoms with Crippen LogP contribution in [0, 0.1) is 11.8 Å². The maximum absolute atomic E-state index is 12.4. The molecule has 0 radical (unpaired) electrons. The fourth-order valence-corrected chi connectivity index (χ4v) is 3.63. The van der Waals surface area contributed by atoms with Gasteiger partial charge >= 0.3 is 5.97 Å². The van der Waals surface area contributed by atoms with Gasteiger partial charge in [-0.15, -0.1) is 11.8 Å². The Bertz CT molecular complexity index is 556. The number of benzene rings is 1. The second-order valence-corrected chi connectivity index (χ2v) is 7.19. The molecular weight excluding hydrogens is 322 g/mol. The van der Waals surface area contributed by atoms with Gasteiger partial charge in [0.1, 0.15) is 0 Å². The average Bonchev–Trinajstić information content (AvgIpc) is 2.50. The van der Waals surface area contributed by atoms with Gasteiger partial charge in [-0.25, -0.2) is 0 Å². The van der Waals surface area contributed by atoms with Gasteiger partial charge in [0.2, 0.25) is 5.91 Å². The van der Waals surface area contributed by atoms with E-state index in [4.69, 9.17) is 16.7 Å². The Morgan fingerprint density at radius 1 is 1.27 bits per heavy atom. The normalized spacial score (nSPS) is 21.4. The molecule has 2 N–H and O–H groups in total. The maximum atomic E-state index is 12.4. The first kappa shape index (κ1) is 17.2. The van der Waals surface area contributed by atoms with Crippen LogP contribution in [0.25, 0.3) is 0 Å². The average molecular weight is 342 g/mol. The minimum Gasteiger partial charge on any atom is -0.481 e. The largest absolute Gasteiger partial charge is 0.481 e. The molecule has 0 saturated heterocycles. The summed E-state index contributed by atoms with van der Waals surface area (Å²) in [5.41, 5.74) is 0.740. The number of amides is 1. The number of aliphatic carboxylic acids is 1. The lowest BCUT2D eigenvalue weighted by atomic mass is 9.81. The van der Waals surface area contributed by atoms with Crippen molar-refractivity contribution >= 4 is 40.9 Å². The highest BCUT2D eigenvalue weighted by molar-refractivity contribution is 7.99. The van der Waals surface area contributed by atoms with Gasteiger partial charge in [-0.05, 0) is 49.6 Å². The maximum Gasteiger partial charge on any atom is 0.306 e. The molecule has 0 spiro atoms. The molecule has 6 heteroatoms. The lowest BCUT2D eigenvalue weighted by Gasteiger charge is -2.25. The van der Waals surface area contributed by atoms with E-state index < -0.39 is 5.97 Å². The Kier molecular flexibility index (Phi) is 6.15. The number of halogens is 1. The van der Waals surface area contributed by atoms with Crippen molar-refractivity contribution in [1.29, 1.82) is 0 Å². The summed E-state index contributed by atoms with van der Waals surface area (Å²) < 4.78 is 0. The highest BCUT2D eigenvalue weighted by atomic mass is 35.5. The molecule has 22 heavy (non-hydrogen) atoms. The first-order valence-corrected chi connectivity index (χ1v) is 8.83. The molecule has 1 aromatic carbocycles. The summed E-state index contributed by atoms with van der Waals surface area (Å²) in [5, 5.41) is 12.6. The second kappa shape index (κ2) is 7.88. The molecular formula is C16H20ClNO3S. The van der Waals surface area contributed by atoms with Crippen LogP contribution in [0.2, 0.25) is 5.02 Å². The van der Waals surface area contributed by atoms with Gasteiger partial charge in [0.05, 0.1) is 11.6 Å². The van der Waals surface area contributed by atoms with Crippen LogP contribution in [0.3, 0.4) is 0 Å². The molecule has 1 aromatic rings. The van der Waals surface area contributed by atoms with Gasteiger partial charge in [0.15, 0.2) is 0 Å². The van der Waals surface area contributed by atoms with Crippen molar-refractivity contribution < 1.29 is 14.7 Å². The van der Waals surface area contributed by atoms with Crippen LogP contribution in [-0.2, 0) is 9.59 Å². The minimum atomic E-state index is -0.754. The third-order valence-corrected chi connectivity index (χ3v) is 5.14. The zero-order valence-electron chi connectivity index (χ0n) is 12.5. The van der Waals surface area contributed by atoms with Crippen LogP contribution in [0.4, 0.5) is 5.69 Å². The van der Waals surface area contributed by atoms with E-state index in [9.17, 15) is 9.59 Å². The molecule has 1 saturated carbocycles. The van der Waals surface area contributed by atoms with Crippen LogP contribution in [-0.4, -0.2) is 22.7 Å². The molecule has 0 bridgehead atoms. The predicted octanol–water partition coefficient (Wildman–Crippen LogP) is 4.28. The highest BCUT2D eigenvalue weighted by Gasteiger charge is 2.29. The third-order valence-electron chi connectivity index (χ3n) is 3.95. The van der Waals surface area contributed by atoms with Gasteiger partial charge < -0.3 is 10.4 Å². The third kappa shape index (κ3) is 4.40. The zero-order chi connectivity index (χ0) is 16.1. The smallest absolute Gasteiger partial charge is 0.306 e. The number of hydrogen-bond donors (Lipinski definition) is 2.